The predicted octanol–water partition coefficient (Wildman–Crippen LogP) is 4.45. The molecule has 0 saturated heterocycles. The third kappa shape index (κ3) is 4.45. The molecule has 1 aliphatic carbocycles. The zero-order chi connectivity index (χ0) is 20.9. The molecule has 30 heavy (non-hydrogen) atoms. The fraction of sp³-hybridized carbons (Fsp3) is 0.304. The van der Waals surface area contributed by atoms with Gasteiger partial charge < -0.3 is 19.1 Å². The highest BCUT2D eigenvalue weighted by atomic mass is 19.1. The Morgan fingerprint density at radius 2 is 1.73 bits per heavy atom. The van der Waals surface area contributed by atoms with Crippen molar-refractivity contribution in [2.24, 2.45) is 0 Å². The highest BCUT2D eigenvalue weighted by molar-refractivity contribution is 5.95. The number of carbonyl (C=O) groups excluding carboxylic acids is 2. The molecule has 1 aliphatic rings. The number of benzene rings is 1. The van der Waals surface area contributed by atoms with Gasteiger partial charge in [0, 0.05) is 12.6 Å². The van der Waals surface area contributed by atoms with Gasteiger partial charge in [-0.1, -0.05) is 25.0 Å². The first-order valence-electron chi connectivity index (χ1n) is 10.0. The first-order valence-corrected chi connectivity index (χ1v) is 10.0. The topological polar surface area (TPSA) is 75.7 Å². The van der Waals surface area contributed by atoms with Crippen molar-refractivity contribution in [3.8, 4) is 0 Å². The molecular formula is C23H23FN2O4. The average molecular weight is 410 g/mol. The maximum Gasteiger partial charge on any atom is 0.290 e. The number of rotatable bonds is 7. The molecule has 2 amide bonds. The van der Waals surface area contributed by atoms with E-state index in [0.717, 1.165) is 25.7 Å². The predicted molar refractivity (Wildman–Crippen MR) is 107 cm³/mol. The summed E-state index contributed by atoms with van der Waals surface area (Å²) in [6, 6.07) is 11.4. The second-order valence-corrected chi connectivity index (χ2v) is 7.44. The van der Waals surface area contributed by atoms with Crippen LogP contribution in [0.2, 0.25) is 0 Å². The molecule has 1 atom stereocenters. The van der Waals surface area contributed by atoms with Crippen LogP contribution in [0.5, 0.6) is 0 Å². The lowest BCUT2D eigenvalue weighted by Crippen LogP contribution is -2.45. The van der Waals surface area contributed by atoms with Crippen molar-refractivity contribution in [1.82, 2.24) is 10.2 Å². The summed E-state index contributed by atoms with van der Waals surface area (Å²) in [5.74, 6) is -0.662. The van der Waals surface area contributed by atoms with Crippen molar-refractivity contribution in [1.29, 1.82) is 0 Å². The molecule has 1 N–H and O–H groups in total. The van der Waals surface area contributed by atoms with E-state index in [4.69, 9.17) is 8.83 Å². The maximum atomic E-state index is 13.4. The van der Waals surface area contributed by atoms with E-state index in [0.29, 0.717) is 11.3 Å². The number of halogens is 1. The van der Waals surface area contributed by atoms with Gasteiger partial charge in [0.15, 0.2) is 11.8 Å². The molecule has 3 aromatic rings. The Balaban J connectivity index is 1.68. The molecule has 0 unspecified atom stereocenters. The smallest absolute Gasteiger partial charge is 0.290 e. The van der Waals surface area contributed by atoms with Gasteiger partial charge in [-0.05, 0) is 54.8 Å². The monoisotopic (exact) mass is 410 g/mol. The Hall–Kier alpha value is -3.35. The molecule has 156 valence electrons. The van der Waals surface area contributed by atoms with Crippen LogP contribution in [0.25, 0.3) is 0 Å². The van der Waals surface area contributed by atoms with Gasteiger partial charge in [-0.15, -0.1) is 0 Å². The average Bonchev–Trinajstić information content (AvgIpc) is 3.52. The molecule has 0 aliphatic heterocycles. The summed E-state index contributed by atoms with van der Waals surface area (Å²) in [7, 11) is 0. The van der Waals surface area contributed by atoms with Crippen molar-refractivity contribution < 1.29 is 22.8 Å². The van der Waals surface area contributed by atoms with Crippen LogP contribution in [0, 0.1) is 5.82 Å². The lowest BCUT2D eigenvalue weighted by Gasteiger charge is -2.30. The summed E-state index contributed by atoms with van der Waals surface area (Å²) in [5.41, 5.74) is 0.682. The zero-order valence-corrected chi connectivity index (χ0v) is 16.4. The van der Waals surface area contributed by atoms with E-state index in [1.165, 1.54) is 29.6 Å². The standard InChI is InChI=1S/C23H23FN2O4/c24-17-11-9-16(10-12-17)15-26(23(28)20-8-4-14-30-20)21(19-7-3-13-29-19)22(27)25-18-5-1-2-6-18/h3-4,7-14,18,21H,1-2,5-6,15H2,(H,25,27)/t21-/m1/s1. The Kier molecular flexibility index (Phi) is 5.97. The maximum absolute atomic E-state index is 13.4. The second kappa shape index (κ2) is 8.98. The van der Waals surface area contributed by atoms with Crippen LogP contribution < -0.4 is 5.32 Å². The molecule has 2 heterocycles. The van der Waals surface area contributed by atoms with Gasteiger partial charge in [-0.25, -0.2) is 4.39 Å². The molecule has 7 heteroatoms. The highest BCUT2D eigenvalue weighted by Crippen LogP contribution is 2.28. The van der Waals surface area contributed by atoms with Crippen LogP contribution >= 0.6 is 0 Å². The van der Waals surface area contributed by atoms with Gasteiger partial charge in [-0.3, -0.25) is 9.59 Å². The summed E-state index contributed by atoms with van der Waals surface area (Å²) >= 11 is 0. The van der Waals surface area contributed by atoms with Crippen LogP contribution in [0.1, 0.15) is 53.6 Å². The number of hydrogen-bond acceptors (Lipinski definition) is 4. The molecule has 0 radical (unpaired) electrons. The first-order chi connectivity index (χ1) is 14.6. The number of carbonyl (C=O) groups is 2. The lowest BCUT2D eigenvalue weighted by molar-refractivity contribution is -0.127. The van der Waals surface area contributed by atoms with Crippen molar-refractivity contribution >= 4 is 11.8 Å². The molecule has 1 saturated carbocycles. The van der Waals surface area contributed by atoms with Gasteiger partial charge in [0.25, 0.3) is 11.8 Å². The van der Waals surface area contributed by atoms with Crippen LogP contribution in [0.4, 0.5) is 4.39 Å². The summed E-state index contributed by atoms with van der Waals surface area (Å²) in [6.45, 7) is 0.0866. The summed E-state index contributed by atoms with van der Waals surface area (Å²) in [4.78, 5) is 28.0. The second-order valence-electron chi connectivity index (χ2n) is 7.44. The number of hydrogen-bond donors (Lipinski definition) is 1. The minimum atomic E-state index is -0.983. The SMILES string of the molecule is O=C(NC1CCCC1)[C@@H](c1ccco1)N(Cc1ccc(F)cc1)C(=O)c1ccco1. The Morgan fingerprint density at radius 1 is 1.03 bits per heavy atom. The Labute approximate surface area is 173 Å². The van der Waals surface area contributed by atoms with E-state index >= 15 is 0 Å². The summed E-state index contributed by atoms with van der Waals surface area (Å²) in [5, 5.41) is 3.06. The molecule has 0 spiro atoms. The summed E-state index contributed by atoms with van der Waals surface area (Å²) in [6.07, 6.45) is 6.85. The van der Waals surface area contributed by atoms with Gasteiger partial charge in [0.1, 0.15) is 11.6 Å². The van der Waals surface area contributed by atoms with E-state index in [1.54, 1.807) is 36.4 Å². The van der Waals surface area contributed by atoms with Crippen molar-refractivity contribution in [3.05, 3.63) is 84.0 Å². The quantitative estimate of drug-likeness (QED) is 0.624. The Morgan fingerprint density at radius 3 is 2.37 bits per heavy atom. The first kappa shape index (κ1) is 19.9. The largest absolute Gasteiger partial charge is 0.467 e. The third-order valence-electron chi connectivity index (χ3n) is 5.33. The zero-order valence-electron chi connectivity index (χ0n) is 16.4. The molecular weight excluding hydrogens is 387 g/mol. The van der Waals surface area contributed by atoms with Crippen LogP contribution in [0.15, 0.2) is 69.9 Å². The van der Waals surface area contributed by atoms with Gasteiger partial charge >= 0.3 is 0 Å². The normalized spacial score (nSPS) is 15.1. The number of nitrogens with one attached hydrogen (secondary N) is 1. The number of nitrogens with zero attached hydrogens (tertiary/aromatic N) is 1. The molecule has 1 fully saturated rings. The molecule has 6 nitrogen and oxygen atoms in total. The van der Waals surface area contributed by atoms with Crippen molar-refractivity contribution in [3.63, 3.8) is 0 Å². The number of furan rings is 2. The minimum Gasteiger partial charge on any atom is -0.467 e. The third-order valence-corrected chi connectivity index (χ3v) is 5.33. The van der Waals surface area contributed by atoms with Crippen molar-refractivity contribution in [2.45, 2.75) is 44.3 Å². The van der Waals surface area contributed by atoms with Crippen LogP contribution in [-0.2, 0) is 11.3 Å². The fourth-order valence-electron chi connectivity index (χ4n) is 3.83. The fourth-order valence-corrected chi connectivity index (χ4v) is 3.83. The van der Waals surface area contributed by atoms with Gasteiger partial charge in [0.05, 0.1) is 12.5 Å². The van der Waals surface area contributed by atoms with Gasteiger partial charge in [0.2, 0.25) is 0 Å². The molecule has 2 aromatic heterocycles. The lowest BCUT2D eigenvalue weighted by atomic mass is 10.1. The minimum absolute atomic E-state index is 0.0846. The molecule has 4 rings (SSSR count). The van der Waals surface area contributed by atoms with Crippen LogP contribution in [0.3, 0.4) is 0 Å². The summed E-state index contributed by atoms with van der Waals surface area (Å²) < 4.78 is 24.2. The highest BCUT2D eigenvalue weighted by Gasteiger charge is 2.36. The van der Waals surface area contributed by atoms with E-state index in [-0.39, 0.29) is 30.1 Å². The molecule has 0 bridgehead atoms. The van der Waals surface area contributed by atoms with Crippen LogP contribution in [-0.4, -0.2) is 22.8 Å². The Bertz CT molecular complexity index is 961. The number of amides is 2. The van der Waals surface area contributed by atoms with E-state index in [1.807, 2.05) is 0 Å². The van der Waals surface area contributed by atoms with Crippen molar-refractivity contribution in [2.75, 3.05) is 0 Å². The van der Waals surface area contributed by atoms with Gasteiger partial charge in [-0.2, -0.15) is 0 Å². The van der Waals surface area contributed by atoms with E-state index in [9.17, 15) is 14.0 Å². The van der Waals surface area contributed by atoms with E-state index < -0.39 is 11.9 Å². The van der Waals surface area contributed by atoms with E-state index in [2.05, 4.69) is 5.32 Å². The molecule has 1 aromatic carbocycles.